The highest BCUT2D eigenvalue weighted by Crippen LogP contribution is 2.34. The maximum Gasteiger partial charge on any atom is 0.166 e. The van der Waals surface area contributed by atoms with Gasteiger partial charge >= 0.3 is 0 Å². The summed E-state index contributed by atoms with van der Waals surface area (Å²) in [5.41, 5.74) is 1.05. The molecular formula is C10H7Cl2N5O. The first-order valence-electron chi connectivity index (χ1n) is 5.07. The third kappa shape index (κ3) is 1.79. The second-order valence-electron chi connectivity index (χ2n) is 3.72. The quantitative estimate of drug-likeness (QED) is 0.597. The maximum absolute atomic E-state index is 11.9. The summed E-state index contributed by atoms with van der Waals surface area (Å²) in [5, 5.41) is 18.0. The molecule has 0 N–H and O–H groups in total. The zero-order chi connectivity index (χ0) is 12.7. The predicted octanol–water partition coefficient (Wildman–Crippen LogP) is 2.85. The van der Waals surface area contributed by atoms with Gasteiger partial charge in [0.25, 0.3) is 0 Å². The van der Waals surface area contributed by atoms with Crippen molar-refractivity contribution in [3.05, 3.63) is 51.7 Å². The highest BCUT2D eigenvalue weighted by molar-refractivity contribution is 6.35. The van der Waals surface area contributed by atoms with Crippen LogP contribution in [-0.4, -0.2) is 14.5 Å². The van der Waals surface area contributed by atoms with Crippen LogP contribution in [0.3, 0.4) is 0 Å². The molecule has 0 fully saturated rings. The molecule has 18 heavy (non-hydrogen) atoms. The van der Waals surface area contributed by atoms with Gasteiger partial charge in [-0.05, 0) is 6.07 Å². The van der Waals surface area contributed by atoms with E-state index in [1.807, 2.05) is 0 Å². The van der Waals surface area contributed by atoms with Crippen LogP contribution in [0.2, 0.25) is 10.0 Å². The normalized spacial score (nSPS) is 14.3. The Bertz CT molecular complexity index is 625. The molecule has 0 amide bonds. The molecule has 0 bridgehead atoms. The summed E-state index contributed by atoms with van der Waals surface area (Å²) in [4.78, 5) is 4.40. The van der Waals surface area contributed by atoms with E-state index in [1.54, 1.807) is 35.5 Å². The first-order chi connectivity index (χ1) is 8.65. The lowest BCUT2D eigenvalue weighted by molar-refractivity contribution is -0.450. The highest BCUT2D eigenvalue weighted by Gasteiger charge is 2.26. The topological polar surface area (TPSA) is 59.5 Å². The number of hydrogen-bond donors (Lipinski definition) is 0. The molecule has 0 spiro atoms. The molecule has 1 aromatic carbocycles. The first kappa shape index (κ1) is 11.3. The average molecular weight is 284 g/mol. The number of rotatable bonds is 1. The standard InChI is InChI=1S/C10H7Cl2N5O/c11-7-3-9(12)8-5-16(15-2-1-13-6-15)14-17(18)10(8)4-7/h1-4,6H,5H2. The summed E-state index contributed by atoms with van der Waals surface area (Å²) in [6.45, 7) is 0.375. The lowest BCUT2D eigenvalue weighted by Gasteiger charge is -2.21. The van der Waals surface area contributed by atoms with Gasteiger partial charge in [0.15, 0.2) is 12.2 Å². The van der Waals surface area contributed by atoms with Crippen molar-refractivity contribution in [1.82, 2.24) is 9.66 Å². The summed E-state index contributed by atoms with van der Waals surface area (Å²) in [6.07, 6.45) is 4.84. The van der Waals surface area contributed by atoms with Crippen LogP contribution in [0.5, 0.6) is 0 Å². The molecule has 92 valence electrons. The summed E-state index contributed by atoms with van der Waals surface area (Å²) in [7, 11) is 0. The van der Waals surface area contributed by atoms with Crippen molar-refractivity contribution >= 4 is 28.9 Å². The number of imidazole rings is 1. The third-order valence-corrected chi connectivity index (χ3v) is 3.14. The van der Waals surface area contributed by atoms with Crippen LogP contribution < -0.4 is 5.12 Å². The molecule has 1 aliphatic rings. The van der Waals surface area contributed by atoms with E-state index >= 15 is 0 Å². The van der Waals surface area contributed by atoms with Crippen molar-refractivity contribution in [2.75, 3.05) is 5.12 Å². The number of nitrogens with zero attached hydrogens (tertiary/aromatic N) is 5. The zero-order valence-electron chi connectivity index (χ0n) is 8.99. The minimum atomic E-state index is 0.365. The third-order valence-electron chi connectivity index (χ3n) is 2.58. The summed E-state index contributed by atoms with van der Waals surface area (Å²) in [5.74, 6) is 0. The summed E-state index contributed by atoms with van der Waals surface area (Å²) < 4.78 is 1.60. The van der Waals surface area contributed by atoms with Crippen LogP contribution in [0.15, 0.2) is 36.1 Å². The summed E-state index contributed by atoms with van der Waals surface area (Å²) >= 11 is 12.0. The number of aromatic nitrogens is 2. The Balaban J connectivity index is 2.09. The average Bonchev–Trinajstić information content (AvgIpc) is 2.83. The van der Waals surface area contributed by atoms with E-state index < -0.39 is 0 Å². The van der Waals surface area contributed by atoms with E-state index in [1.165, 1.54) is 5.12 Å². The maximum atomic E-state index is 11.9. The molecule has 0 atom stereocenters. The van der Waals surface area contributed by atoms with Gasteiger partial charge in [-0.25, -0.2) is 4.98 Å². The van der Waals surface area contributed by atoms with Gasteiger partial charge in [-0.3, -0.25) is 0 Å². The van der Waals surface area contributed by atoms with Gasteiger partial charge in [-0.1, -0.05) is 28.3 Å². The van der Waals surface area contributed by atoms with Gasteiger partial charge < -0.3 is 5.21 Å². The number of fused-ring (bicyclic) bond motifs is 1. The van der Waals surface area contributed by atoms with Crippen LogP contribution in [0.4, 0.5) is 5.69 Å². The van der Waals surface area contributed by atoms with Crippen LogP contribution in [-0.2, 0) is 6.54 Å². The van der Waals surface area contributed by atoms with Crippen LogP contribution in [0.1, 0.15) is 5.56 Å². The molecule has 0 saturated carbocycles. The molecule has 0 radical (unpaired) electrons. The molecular weight excluding hydrogens is 277 g/mol. The molecule has 2 aromatic rings. The molecule has 1 aromatic heterocycles. The fourth-order valence-electron chi connectivity index (χ4n) is 1.75. The molecule has 3 rings (SSSR count). The fraction of sp³-hybridized carbons (Fsp3) is 0.100. The van der Waals surface area contributed by atoms with E-state index in [0.717, 1.165) is 0 Å². The van der Waals surface area contributed by atoms with Gasteiger partial charge in [-0.15, -0.1) is 4.86 Å². The molecule has 0 saturated heterocycles. The second kappa shape index (κ2) is 4.15. The van der Waals surface area contributed by atoms with Gasteiger partial charge in [0, 0.05) is 17.3 Å². The van der Waals surface area contributed by atoms with Crippen LogP contribution >= 0.6 is 23.2 Å². The smallest absolute Gasteiger partial charge is 0.166 e. The molecule has 0 unspecified atom stereocenters. The molecule has 0 aliphatic carbocycles. The minimum absolute atomic E-state index is 0.365. The molecule has 6 nitrogen and oxygen atoms in total. The largest absolute Gasteiger partial charge is 0.691 e. The van der Waals surface area contributed by atoms with E-state index in [-0.39, 0.29) is 0 Å². The van der Waals surface area contributed by atoms with Crippen LogP contribution in [0.25, 0.3) is 0 Å². The minimum Gasteiger partial charge on any atom is -0.691 e. The van der Waals surface area contributed by atoms with E-state index in [4.69, 9.17) is 23.2 Å². The Morgan fingerprint density at radius 1 is 1.33 bits per heavy atom. The van der Waals surface area contributed by atoms with Crippen molar-refractivity contribution in [3.63, 3.8) is 0 Å². The van der Waals surface area contributed by atoms with Crippen molar-refractivity contribution in [1.29, 1.82) is 0 Å². The highest BCUT2D eigenvalue weighted by atomic mass is 35.5. The van der Waals surface area contributed by atoms with Crippen molar-refractivity contribution in [3.8, 4) is 0 Å². The Morgan fingerprint density at radius 2 is 2.17 bits per heavy atom. The molecule has 2 heterocycles. The molecule has 1 aliphatic heterocycles. The van der Waals surface area contributed by atoms with Crippen LogP contribution in [0, 0.1) is 5.21 Å². The Morgan fingerprint density at radius 3 is 2.89 bits per heavy atom. The fourth-order valence-corrected chi connectivity index (χ4v) is 2.29. The van der Waals surface area contributed by atoms with Gasteiger partial charge in [0.1, 0.15) is 11.6 Å². The van der Waals surface area contributed by atoms with Gasteiger partial charge in [0.2, 0.25) is 0 Å². The first-order valence-corrected chi connectivity index (χ1v) is 5.83. The number of hydrogen-bond acceptors (Lipinski definition) is 4. The Hall–Kier alpha value is -1.79. The lowest BCUT2D eigenvalue weighted by atomic mass is 10.1. The monoisotopic (exact) mass is 283 g/mol. The van der Waals surface area contributed by atoms with Crippen molar-refractivity contribution < 1.29 is 4.86 Å². The van der Waals surface area contributed by atoms with Crippen molar-refractivity contribution in [2.24, 2.45) is 5.22 Å². The number of benzene rings is 1. The van der Waals surface area contributed by atoms with Crippen molar-refractivity contribution in [2.45, 2.75) is 6.54 Å². The Labute approximate surface area is 112 Å². The van der Waals surface area contributed by atoms with Gasteiger partial charge in [-0.2, -0.15) is 4.68 Å². The summed E-state index contributed by atoms with van der Waals surface area (Å²) in [6, 6.07) is 3.15. The second-order valence-corrected chi connectivity index (χ2v) is 4.56. The van der Waals surface area contributed by atoms with E-state index in [0.29, 0.717) is 32.7 Å². The predicted molar refractivity (Wildman–Crippen MR) is 66.3 cm³/mol. The number of halogens is 2. The lowest BCUT2D eigenvalue weighted by Crippen LogP contribution is -2.32. The van der Waals surface area contributed by atoms with E-state index in [9.17, 15) is 5.21 Å². The molecule has 8 heteroatoms. The van der Waals surface area contributed by atoms with Gasteiger partial charge in [0.05, 0.1) is 16.8 Å². The Kier molecular flexibility index (Phi) is 2.61. The zero-order valence-corrected chi connectivity index (χ0v) is 10.5. The SMILES string of the molecule is [O-][N+]1=NN(n2ccnc2)Cc2c(Cl)cc(Cl)cc21. The van der Waals surface area contributed by atoms with E-state index in [2.05, 4.69) is 10.2 Å².